The average molecular weight is 277 g/mol. The molecule has 72 valence electrons. The van der Waals surface area contributed by atoms with Crippen molar-refractivity contribution in [1.82, 2.24) is 0 Å². The summed E-state index contributed by atoms with van der Waals surface area (Å²) in [5.74, 6) is 0. The molecule has 0 saturated carbocycles. The van der Waals surface area contributed by atoms with E-state index in [4.69, 9.17) is 0 Å². The van der Waals surface area contributed by atoms with Crippen LogP contribution in [0, 0.1) is 0 Å². The Morgan fingerprint density at radius 1 is 0.667 bits per heavy atom. The van der Waals surface area contributed by atoms with Gasteiger partial charge in [-0.3, -0.25) is 0 Å². The number of thioether (sulfide) groups is 6. The predicted octanol–water partition coefficient (Wildman–Crippen LogP) is 4.14. The highest BCUT2D eigenvalue weighted by Gasteiger charge is 2.28. The van der Waals surface area contributed by atoms with Gasteiger partial charge in [-0.25, -0.2) is 0 Å². The zero-order chi connectivity index (χ0) is 8.97. The molecule has 0 aromatic rings. The largest absolute Gasteiger partial charge is 0.140 e. The van der Waals surface area contributed by atoms with E-state index in [0.717, 1.165) is 11.7 Å². The minimum absolute atomic E-state index is 0.737. The van der Waals surface area contributed by atoms with Crippen LogP contribution >= 0.6 is 70.6 Å². The van der Waals surface area contributed by atoms with Crippen molar-refractivity contribution in [3.63, 3.8) is 0 Å². The van der Waals surface area contributed by atoms with E-state index >= 15 is 0 Å². The monoisotopic (exact) mass is 276 g/mol. The molecule has 1 saturated heterocycles. The molecule has 6 heteroatoms. The molecule has 1 aliphatic rings. The van der Waals surface area contributed by atoms with Crippen molar-refractivity contribution < 1.29 is 0 Å². The van der Waals surface area contributed by atoms with Gasteiger partial charge in [0.2, 0.25) is 0 Å². The van der Waals surface area contributed by atoms with Crippen LogP contribution in [-0.4, -0.2) is 30.5 Å². The molecule has 1 aliphatic heterocycles. The fraction of sp³-hybridized carbons (Fsp3) is 1.00. The third-order valence-corrected chi connectivity index (χ3v) is 11.2. The van der Waals surface area contributed by atoms with Gasteiger partial charge in [0, 0.05) is 0 Å². The number of hydrogen-bond acceptors (Lipinski definition) is 6. The molecule has 0 amide bonds. The van der Waals surface area contributed by atoms with E-state index in [0.29, 0.717) is 0 Å². The topological polar surface area (TPSA) is 0 Å². The summed E-state index contributed by atoms with van der Waals surface area (Å²) in [6.45, 7) is 0. The molecule has 0 N–H and O–H groups in total. The Labute approximate surface area is 100 Å². The molecule has 0 spiro atoms. The van der Waals surface area contributed by atoms with Crippen molar-refractivity contribution in [1.29, 1.82) is 0 Å². The van der Waals surface area contributed by atoms with E-state index in [9.17, 15) is 0 Å². The second kappa shape index (κ2) is 6.56. The van der Waals surface area contributed by atoms with Gasteiger partial charge in [-0.05, 0) is 18.8 Å². The van der Waals surface area contributed by atoms with Crippen molar-refractivity contribution in [3.8, 4) is 0 Å². The lowest BCUT2D eigenvalue weighted by Gasteiger charge is -2.30. The summed E-state index contributed by atoms with van der Waals surface area (Å²) in [5, 5.41) is 0. The van der Waals surface area contributed by atoms with Gasteiger partial charge < -0.3 is 0 Å². The van der Waals surface area contributed by atoms with Crippen molar-refractivity contribution in [2.24, 2.45) is 0 Å². The van der Waals surface area contributed by atoms with Crippen molar-refractivity contribution in [2.45, 2.75) is 11.7 Å². The lowest BCUT2D eigenvalue weighted by atomic mass is 11.8. The standard InChI is InChI=1S/C6H12S6/c1-7-4-10-5(8-2)12-6(9-3)11-4/h4-6H,1-3H3. The molecule has 0 aliphatic carbocycles. The van der Waals surface area contributed by atoms with Gasteiger partial charge in [0.1, 0.15) is 0 Å². The third-order valence-electron chi connectivity index (χ3n) is 1.24. The summed E-state index contributed by atoms with van der Waals surface area (Å²) >= 11 is 12.2. The minimum Gasteiger partial charge on any atom is -0.140 e. The predicted molar refractivity (Wildman–Crippen MR) is 74.7 cm³/mol. The number of rotatable bonds is 3. The average Bonchev–Trinajstić information content (AvgIpc) is 2.16. The summed E-state index contributed by atoms with van der Waals surface area (Å²) in [7, 11) is 0. The fourth-order valence-electron chi connectivity index (χ4n) is 0.702. The zero-order valence-electron chi connectivity index (χ0n) is 7.18. The first kappa shape index (κ1) is 12.2. The van der Waals surface area contributed by atoms with Crippen LogP contribution in [0.5, 0.6) is 0 Å². The van der Waals surface area contributed by atoms with Gasteiger partial charge in [0.25, 0.3) is 0 Å². The van der Waals surface area contributed by atoms with Crippen LogP contribution in [-0.2, 0) is 0 Å². The fourth-order valence-corrected chi connectivity index (χ4v) is 11.2. The summed E-state index contributed by atoms with van der Waals surface area (Å²) < 4.78 is 2.21. The number of hydrogen-bond donors (Lipinski definition) is 0. The smallest absolute Gasteiger partial charge is 0.0992 e. The molecule has 0 aromatic heterocycles. The van der Waals surface area contributed by atoms with Crippen LogP contribution < -0.4 is 0 Å². The molecule has 0 nitrogen and oxygen atoms in total. The third kappa shape index (κ3) is 3.69. The van der Waals surface area contributed by atoms with E-state index in [-0.39, 0.29) is 0 Å². The van der Waals surface area contributed by atoms with E-state index in [2.05, 4.69) is 54.1 Å². The molecule has 0 bridgehead atoms. The lowest BCUT2D eigenvalue weighted by Crippen LogP contribution is -2.10. The maximum Gasteiger partial charge on any atom is 0.0992 e. The highest BCUT2D eigenvalue weighted by Crippen LogP contribution is 2.56. The van der Waals surface area contributed by atoms with Gasteiger partial charge in [0.05, 0.1) is 11.7 Å². The minimum atomic E-state index is 0.737. The maximum absolute atomic E-state index is 2.20. The van der Waals surface area contributed by atoms with E-state index in [1.54, 1.807) is 0 Å². The molecule has 1 rings (SSSR count). The van der Waals surface area contributed by atoms with Gasteiger partial charge in [-0.1, -0.05) is 0 Å². The first-order valence-corrected chi connectivity index (χ1v) is 10.0. The van der Waals surface area contributed by atoms with Gasteiger partial charge in [0.15, 0.2) is 0 Å². The summed E-state index contributed by atoms with van der Waals surface area (Å²) in [5.41, 5.74) is 0. The van der Waals surface area contributed by atoms with Gasteiger partial charge >= 0.3 is 0 Å². The molecular weight excluding hydrogens is 264 g/mol. The second-order valence-electron chi connectivity index (χ2n) is 1.98. The van der Waals surface area contributed by atoms with Gasteiger partial charge in [-0.2, -0.15) is 0 Å². The summed E-state index contributed by atoms with van der Waals surface area (Å²) in [4.78, 5) is 0. The van der Waals surface area contributed by atoms with Crippen molar-refractivity contribution >= 4 is 70.6 Å². The van der Waals surface area contributed by atoms with Crippen LogP contribution in [0.3, 0.4) is 0 Å². The molecule has 1 fully saturated rings. The summed E-state index contributed by atoms with van der Waals surface area (Å²) in [6.07, 6.45) is 6.61. The Hall–Kier alpha value is 2.10. The van der Waals surface area contributed by atoms with Crippen molar-refractivity contribution in [2.75, 3.05) is 18.8 Å². The Morgan fingerprint density at radius 2 is 0.917 bits per heavy atom. The second-order valence-corrected chi connectivity index (χ2v) is 11.1. The normalized spacial score (nSPS) is 36.8. The van der Waals surface area contributed by atoms with Crippen molar-refractivity contribution in [3.05, 3.63) is 0 Å². The Kier molecular flexibility index (Phi) is 6.65. The van der Waals surface area contributed by atoms with Crippen LogP contribution in [0.1, 0.15) is 0 Å². The van der Waals surface area contributed by atoms with E-state index in [1.807, 2.05) is 35.3 Å². The molecule has 12 heavy (non-hydrogen) atoms. The SMILES string of the molecule is CSC1SC(SC)SC(SC)S1. The Morgan fingerprint density at radius 3 is 1.08 bits per heavy atom. The first-order valence-electron chi connectivity index (χ1n) is 3.35. The van der Waals surface area contributed by atoms with E-state index < -0.39 is 0 Å². The van der Waals surface area contributed by atoms with Crippen LogP contribution in [0.15, 0.2) is 0 Å². The Bertz CT molecular complexity index is 99.4. The summed E-state index contributed by atoms with van der Waals surface area (Å²) in [6, 6.07) is 0. The van der Waals surface area contributed by atoms with Gasteiger partial charge in [-0.15, -0.1) is 70.6 Å². The Balaban J connectivity index is 2.41. The van der Waals surface area contributed by atoms with E-state index in [1.165, 1.54) is 0 Å². The van der Waals surface area contributed by atoms with Crippen LogP contribution in [0.25, 0.3) is 0 Å². The molecule has 0 aromatic carbocycles. The first-order chi connectivity index (χ1) is 5.80. The van der Waals surface area contributed by atoms with Crippen LogP contribution in [0.4, 0.5) is 0 Å². The zero-order valence-corrected chi connectivity index (χ0v) is 12.1. The lowest BCUT2D eigenvalue weighted by molar-refractivity contribution is 1.83. The molecule has 0 atom stereocenters. The highest BCUT2D eigenvalue weighted by atomic mass is 32.3. The van der Waals surface area contributed by atoms with Crippen LogP contribution in [0.2, 0.25) is 0 Å². The molecule has 0 unspecified atom stereocenters. The molecule has 1 heterocycles. The quantitative estimate of drug-likeness (QED) is 0.754. The molecular formula is C6H12S6. The molecule has 0 radical (unpaired) electrons. The highest BCUT2D eigenvalue weighted by molar-refractivity contribution is 8.51. The maximum atomic E-state index is 2.20.